The van der Waals surface area contributed by atoms with Crippen LogP contribution in [0.5, 0.6) is 5.75 Å². The van der Waals surface area contributed by atoms with E-state index in [0.29, 0.717) is 36.6 Å². The third-order valence-corrected chi connectivity index (χ3v) is 6.98. The maximum Gasteiger partial charge on any atom is 0.419 e. The van der Waals surface area contributed by atoms with Gasteiger partial charge in [0.25, 0.3) is 0 Å². The number of amides is 1. The highest BCUT2D eigenvalue weighted by molar-refractivity contribution is 6.01. The number of rotatable bonds is 3. The lowest BCUT2D eigenvalue weighted by atomic mass is 9.92. The Bertz CT molecular complexity index is 1650. The first-order valence-electron chi connectivity index (χ1n) is 14.0. The first kappa shape index (κ1) is 28.4. The average Bonchev–Trinajstić information content (AvgIpc) is 3.46. The molecule has 0 unspecified atom stereocenters. The Morgan fingerprint density at radius 2 is 1.63 bits per heavy atom. The van der Waals surface area contributed by atoms with Gasteiger partial charge in [0.2, 0.25) is 0 Å². The Hall–Kier alpha value is -4.08. The highest BCUT2D eigenvalue weighted by Gasteiger charge is 2.31. The van der Waals surface area contributed by atoms with E-state index in [0.717, 1.165) is 33.2 Å². The molecule has 4 aromatic rings. The zero-order chi connectivity index (χ0) is 29.9. The van der Waals surface area contributed by atoms with Gasteiger partial charge in [0, 0.05) is 30.2 Å². The number of hydrogen-bond acceptors (Lipinski definition) is 7. The molecule has 0 atom stereocenters. The first-order chi connectivity index (χ1) is 19.2. The van der Waals surface area contributed by atoms with E-state index in [9.17, 15) is 9.59 Å². The van der Waals surface area contributed by atoms with Gasteiger partial charge in [-0.25, -0.2) is 23.7 Å². The minimum absolute atomic E-state index is 0.0530. The number of benzene rings is 1. The van der Waals surface area contributed by atoms with Gasteiger partial charge in [-0.1, -0.05) is 13.8 Å². The molecule has 10 nitrogen and oxygen atoms in total. The van der Waals surface area contributed by atoms with Crippen molar-refractivity contribution in [1.82, 2.24) is 24.1 Å². The lowest BCUT2D eigenvalue weighted by Crippen LogP contribution is -2.39. The molecule has 10 heteroatoms. The molecule has 0 radical (unpaired) electrons. The molecule has 0 fully saturated rings. The van der Waals surface area contributed by atoms with Crippen LogP contribution < -0.4 is 4.74 Å². The second-order valence-electron chi connectivity index (χ2n) is 12.8. The van der Waals surface area contributed by atoms with Crippen molar-refractivity contribution in [1.29, 1.82) is 0 Å². The van der Waals surface area contributed by atoms with Gasteiger partial charge in [-0.2, -0.15) is 5.10 Å². The van der Waals surface area contributed by atoms with Crippen molar-refractivity contribution >= 4 is 28.7 Å². The number of ether oxygens (including phenoxy) is 3. The molecule has 218 valence electrons. The maximum absolute atomic E-state index is 13.9. The Balaban J connectivity index is 1.75. The Kier molecular flexibility index (Phi) is 6.99. The molecule has 3 aromatic heterocycles. The number of hydrogen-bond donors (Lipinski definition) is 0. The largest absolute Gasteiger partial charge is 0.493 e. The molecular weight excluding hydrogens is 522 g/mol. The molecule has 1 aliphatic heterocycles. The number of methoxy groups -OCH3 is 1. The molecule has 5 rings (SSSR count). The Morgan fingerprint density at radius 1 is 0.951 bits per heavy atom. The summed E-state index contributed by atoms with van der Waals surface area (Å²) in [5, 5.41) is 5.27. The topological polar surface area (TPSA) is 100 Å². The molecule has 0 bridgehead atoms. The monoisotopic (exact) mass is 561 g/mol. The molecule has 41 heavy (non-hydrogen) atoms. The van der Waals surface area contributed by atoms with Crippen LogP contribution in [0.3, 0.4) is 0 Å². The van der Waals surface area contributed by atoms with Crippen LogP contribution in [0.15, 0.2) is 30.7 Å². The minimum Gasteiger partial charge on any atom is -0.493 e. The van der Waals surface area contributed by atoms with Crippen LogP contribution in [-0.4, -0.2) is 61.1 Å². The molecule has 0 N–H and O–H groups in total. The Labute approximate surface area is 240 Å². The van der Waals surface area contributed by atoms with Crippen molar-refractivity contribution in [2.24, 2.45) is 0 Å². The van der Waals surface area contributed by atoms with Crippen molar-refractivity contribution < 1.29 is 23.8 Å². The van der Waals surface area contributed by atoms with Crippen LogP contribution in [0, 0.1) is 0 Å². The zero-order valence-corrected chi connectivity index (χ0v) is 25.4. The van der Waals surface area contributed by atoms with Crippen LogP contribution in [0.25, 0.3) is 27.8 Å². The summed E-state index contributed by atoms with van der Waals surface area (Å²) in [6.45, 7) is 16.4. The van der Waals surface area contributed by atoms with Gasteiger partial charge in [0.05, 0.1) is 18.3 Å². The molecule has 0 saturated heterocycles. The van der Waals surface area contributed by atoms with Gasteiger partial charge in [-0.3, -0.25) is 0 Å². The summed E-state index contributed by atoms with van der Waals surface area (Å²) >= 11 is 0. The van der Waals surface area contributed by atoms with E-state index in [1.165, 1.54) is 6.33 Å². The zero-order valence-electron chi connectivity index (χ0n) is 25.4. The summed E-state index contributed by atoms with van der Waals surface area (Å²) in [6, 6.07) is 6.07. The third-order valence-electron chi connectivity index (χ3n) is 6.98. The van der Waals surface area contributed by atoms with E-state index in [4.69, 9.17) is 14.2 Å². The molecule has 0 saturated carbocycles. The number of nitrogens with zero attached hydrogens (tertiary/aromatic N) is 5. The summed E-state index contributed by atoms with van der Waals surface area (Å²) < 4.78 is 20.6. The molecule has 1 amide bonds. The van der Waals surface area contributed by atoms with Crippen molar-refractivity contribution in [3.63, 3.8) is 0 Å². The molecule has 0 spiro atoms. The number of fused-ring (bicyclic) bond motifs is 3. The second kappa shape index (κ2) is 10.1. The van der Waals surface area contributed by atoms with Crippen molar-refractivity contribution in [3.8, 4) is 17.0 Å². The molecule has 4 heterocycles. The number of aromatic nitrogens is 4. The van der Waals surface area contributed by atoms with E-state index >= 15 is 0 Å². The lowest BCUT2D eigenvalue weighted by molar-refractivity contribution is 0.0224. The standard InChI is InChI=1S/C31H39N5O5/c1-18(2)25-22-12-20-15-34(28(37)40-30(3,4)5)11-10-19(20)13-23(22)36(29(38)41-31(6,7)8)26(25)21-14-24(39-9)27-32-17-33-35(27)16-21/h12-14,16-18H,10-11,15H2,1-9H3. The van der Waals surface area contributed by atoms with E-state index in [1.54, 1.807) is 21.1 Å². The summed E-state index contributed by atoms with van der Waals surface area (Å²) in [5.41, 5.74) is 4.66. The van der Waals surface area contributed by atoms with Gasteiger partial charge in [-0.05, 0) is 88.8 Å². The summed E-state index contributed by atoms with van der Waals surface area (Å²) in [5.74, 6) is 0.597. The van der Waals surface area contributed by atoms with Crippen LogP contribution in [0.1, 0.15) is 78.0 Å². The average molecular weight is 562 g/mol. The van der Waals surface area contributed by atoms with Gasteiger partial charge in [-0.15, -0.1) is 0 Å². The lowest BCUT2D eigenvalue weighted by Gasteiger charge is -2.31. The quantitative estimate of drug-likeness (QED) is 0.279. The molecule has 0 aliphatic carbocycles. The van der Waals surface area contributed by atoms with Crippen molar-refractivity contribution in [2.75, 3.05) is 13.7 Å². The normalized spacial score (nSPS) is 14.0. The van der Waals surface area contributed by atoms with Crippen molar-refractivity contribution in [2.45, 2.75) is 85.5 Å². The molecule has 1 aromatic carbocycles. The molecule has 1 aliphatic rings. The van der Waals surface area contributed by atoms with Gasteiger partial charge in [0.15, 0.2) is 11.4 Å². The smallest absolute Gasteiger partial charge is 0.419 e. The van der Waals surface area contributed by atoms with Crippen LogP contribution in [-0.2, 0) is 22.4 Å². The van der Waals surface area contributed by atoms with Gasteiger partial charge >= 0.3 is 12.2 Å². The maximum atomic E-state index is 13.9. The van der Waals surface area contributed by atoms with Crippen LogP contribution >= 0.6 is 0 Å². The fraction of sp³-hybridized carbons (Fsp3) is 0.484. The van der Waals surface area contributed by atoms with Crippen LogP contribution in [0.4, 0.5) is 9.59 Å². The minimum atomic E-state index is -0.696. The van der Waals surface area contributed by atoms with Crippen LogP contribution in [0.2, 0.25) is 0 Å². The fourth-order valence-corrected chi connectivity index (χ4v) is 5.39. The fourth-order valence-electron chi connectivity index (χ4n) is 5.39. The summed E-state index contributed by atoms with van der Waals surface area (Å²) in [4.78, 5) is 32.9. The highest BCUT2D eigenvalue weighted by Crippen LogP contribution is 2.42. The highest BCUT2D eigenvalue weighted by atomic mass is 16.6. The third kappa shape index (κ3) is 5.47. The predicted octanol–water partition coefficient (Wildman–Crippen LogP) is 6.56. The SMILES string of the molecule is COc1cc(-c2c(C(C)C)c3cc4c(cc3n2C(=O)OC(C)(C)C)CCN(C(=O)OC(C)(C)C)C4)cn2ncnc12. The van der Waals surface area contributed by atoms with E-state index in [1.807, 2.05) is 53.8 Å². The first-order valence-corrected chi connectivity index (χ1v) is 14.0. The summed E-state index contributed by atoms with van der Waals surface area (Å²) in [6.07, 6.45) is 3.19. The Morgan fingerprint density at radius 3 is 2.27 bits per heavy atom. The number of pyridine rings is 1. The van der Waals surface area contributed by atoms with E-state index < -0.39 is 17.3 Å². The van der Waals surface area contributed by atoms with Crippen molar-refractivity contribution in [3.05, 3.63) is 47.4 Å². The van der Waals surface area contributed by atoms with E-state index in [-0.39, 0.29) is 12.0 Å². The molecular formula is C31H39N5O5. The van der Waals surface area contributed by atoms with E-state index in [2.05, 4.69) is 36.1 Å². The number of carbonyl (C=O) groups excluding carboxylic acids is 2. The summed E-state index contributed by atoms with van der Waals surface area (Å²) in [7, 11) is 1.59. The predicted molar refractivity (Wildman–Crippen MR) is 157 cm³/mol. The number of carbonyl (C=O) groups is 2. The van der Waals surface area contributed by atoms with Gasteiger partial charge in [0.1, 0.15) is 17.5 Å². The second-order valence-corrected chi connectivity index (χ2v) is 12.8. The van der Waals surface area contributed by atoms with Gasteiger partial charge < -0.3 is 19.1 Å².